The van der Waals surface area contributed by atoms with Crippen molar-refractivity contribution in [3.8, 4) is 0 Å². The first-order valence-electron chi connectivity index (χ1n) is 42.4. The number of hydrogen-bond acceptors (Lipinski definition) is 15. The minimum Gasteiger partial charge on any atom is -0.462 e. The number of hydrogen-bond donors (Lipinski definition) is 3. The summed E-state index contributed by atoms with van der Waals surface area (Å²) >= 11 is 0. The third kappa shape index (κ3) is 80.5. The third-order valence-corrected chi connectivity index (χ3v) is 19.1. The van der Waals surface area contributed by atoms with Gasteiger partial charge in [0.05, 0.1) is 26.4 Å². The highest BCUT2D eigenvalue weighted by Gasteiger charge is 2.30. The van der Waals surface area contributed by atoms with Gasteiger partial charge in [-0.2, -0.15) is 0 Å². The number of phosphoric acid groups is 2. The van der Waals surface area contributed by atoms with Gasteiger partial charge in [0.15, 0.2) is 12.2 Å². The van der Waals surface area contributed by atoms with E-state index in [1.165, 1.54) is 38.5 Å². The molecule has 17 nitrogen and oxygen atoms in total. The van der Waals surface area contributed by atoms with E-state index in [4.69, 9.17) is 37.0 Å². The topological polar surface area (TPSA) is 237 Å². The standard InChI is InChI=1S/C91H150O17P2/c1-5-9-13-17-21-25-29-33-37-40-42-45-48-51-55-59-63-67-71-75-88(93)101-81-86(107-90(95)77-73-69-65-61-57-53-47-36-32-28-24-20-16-12-8-4)83-105-109(97,98)103-79-85(92)80-104-110(99,100)106-84-87(108-91(96)78-74-70-66-62-58-54-50-44-39-35-31-27-23-19-15-11-7-3)82-102-89(94)76-72-68-64-60-56-52-49-46-43-41-38-34-30-26-22-18-14-10-6-2/h9-11,13-15,21-23,25-27,33-39,42-43,45-47,51,55,63,67,85-87,92H,5-8,12,16-20,24,28-32,40-41,44,48-50,52-54,56-62,64-66,68-84H2,1-4H3,(H,97,98)(H,99,100)/b13-9-,14-10-,15-11-,25-21-,26-22-,27-23-,37-33-,38-34-,39-35-,45-42-,46-43-,47-36-,55-51-,67-63-. The molecule has 0 aliphatic heterocycles. The van der Waals surface area contributed by atoms with E-state index in [2.05, 4.69) is 180 Å². The predicted molar refractivity (Wildman–Crippen MR) is 454 cm³/mol. The second-order valence-electron chi connectivity index (χ2n) is 27.6. The normalized spacial score (nSPS) is 14.6. The number of esters is 4. The van der Waals surface area contributed by atoms with Crippen LogP contribution in [0.1, 0.15) is 323 Å². The van der Waals surface area contributed by atoms with Gasteiger partial charge in [0.2, 0.25) is 0 Å². The second-order valence-corrected chi connectivity index (χ2v) is 30.5. The molecule has 0 rings (SSSR count). The molecule has 0 saturated heterocycles. The van der Waals surface area contributed by atoms with Gasteiger partial charge in [0.25, 0.3) is 0 Å². The zero-order chi connectivity index (χ0) is 80.3. The molecule has 19 heteroatoms. The molecule has 0 aromatic heterocycles. The van der Waals surface area contributed by atoms with Crippen molar-refractivity contribution in [1.82, 2.24) is 0 Å². The van der Waals surface area contributed by atoms with Gasteiger partial charge in [-0.25, -0.2) is 9.13 Å². The summed E-state index contributed by atoms with van der Waals surface area (Å²) in [6, 6.07) is 0. The molecule has 0 aromatic carbocycles. The first-order chi connectivity index (χ1) is 53.7. The van der Waals surface area contributed by atoms with Crippen LogP contribution in [-0.4, -0.2) is 96.7 Å². The third-order valence-electron chi connectivity index (χ3n) is 17.2. The van der Waals surface area contributed by atoms with E-state index in [0.29, 0.717) is 32.1 Å². The fourth-order valence-electron chi connectivity index (χ4n) is 10.8. The van der Waals surface area contributed by atoms with Crippen LogP contribution >= 0.6 is 15.6 Å². The quantitative estimate of drug-likeness (QED) is 0.0169. The van der Waals surface area contributed by atoms with Crippen molar-refractivity contribution < 1.29 is 80.2 Å². The number of unbranched alkanes of at least 4 members (excludes halogenated alkanes) is 24. The molecule has 0 aliphatic carbocycles. The molecular weight excluding hydrogens is 1430 g/mol. The molecule has 0 heterocycles. The van der Waals surface area contributed by atoms with Crippen LogP contribution in [0.3, 0.4) is 0 Å². The molecule has 626 valence electrons. The summed E-state index contributed by atoms with van der Waals surface area (Å²) in [4.78, 5) is 73.2. The van der Waals surface area contributed by atoms with Crippen LogP contribution in [0.5, 0.6) is 0 Å². The van der Waals surface area contributed by atoms with Gasteiger partial charge < -0.3 is 33.8 Å². The second kappa shape index (κ2) is 81.4. The Morgan fingerprint density at radius 3 is 0.791 bits per heavy atom. The highest BCUT2D eigenvalue weighted by Crippen LogP contribution is 2.45. The Morgan fingerprint density at radius 2 is 0.491 bits per heavy atom. The maximum absolute atomic E-state index is 13.1. The predicted octanol–water partition coefficient (Wildman–Crippen LogP) is 25.3. The lowest BCUT2D eigenvalue weighted by Crippen LogP contribution is -2.30. The molecule has 5 unspecified atom stereocenters. The molecule has 0 aromatic rings. The first-order valence-corrected chi connectivity index (χ1v) is 45.4. The fourth-order valence-corrected chi connectivity index (χ4v) is 12.4. The number of rotatable bonds is 78. The molecule has 0 amide bonds. The lowest BCUT2D eigenvalue weighted by Gasteiger charge is -2.21. The molecule has 0 aliphatic rings. The van der Waals surface area contributed by atoms with E-state index >= 15 is 0 Å². The van der Waals surface area contributed by atoms with Gasteiger partial charge in [-0.05, 0) is 161 Å². The van der Waals surface area contributed by atoms with E-state index in [0.717, 1.165) is 199 Å². The van der Waals surface area contributed by atoms with Crippen LogP contribution in [0.25, 0.3) is 0 Å². The smallest absolute Gasteiger partial charge is 0.462 e. The molecule has 0 radical (unpaired) electrons. The molecule has 5 atom stereocenters. The number of carbonyl (C=O) groups excluding carboxylic acids is 4. The Morgan fingerprint density at radius 1 is 0.264 bits per heavy atom. The first kappa shape index (κ1) is 104. The molecule has 0 fully saturated rings. The molecule has 3 N–H and O–H groups in total. The zero-order valence-electron chi connectivity index (χ0n) is 68.6. The maximum atomic E-state index is 13.1. The Kier molecular flexibility index (Phi) is 77.3. The zero-order valence-corrected chi connectivity index (χ0v) is 70.4. The van der Waals surface area contributed by atoms with Gasteiger partial charge in [0.1, 0.15) is 19.3 Å². The SMILES string of the molecule is CC/C=C\C/C=C\C/C=C\C/C=C\C/C=C\C/C=C\CCC(=O)OCC(COP(=O)(O)OCC(O)COP(=O)(O)OCC(COC(=O)CCCCCCCC/C=C\C/C=C\C/C=C\C/C=C\CC)OC(=O)CCCCCCCCC/C=C\C/C=C\C/C=C\CC)OC(=O)CCCCCCC/C=C\CCCCCCCC. The van der Waals surface area contributed by atoms with Crippen LogP contribution < -0.4 is 0 Å². The highest BCUT2D eigenvalue weighted by atomic mass is 31.2. The van der Waals surface area contributed by atoms with Crippen LogP contribution in [0.15, 0.2) is 170 Å². The minimum atomic E-state index is -5.01. The van der Waals surface area contributed by atoms with Crippen LogP contribution in [0.2, 0.25) is 0 Å². The van der Waals surface area contributed by atoms with Crippen molar-refractivity contribution in [2.24, 2.45) is 0 Å². The van der Waals surface area contributed by atoms with Crippen molar-refractivity contribution in [3.63, 3.8) is 0 Å². The van der Waals surface area contributed by atoms with E-state index in [1.807, 2.05) is 18.2 Å². The lowest BCUT2D eigenvalue weighted by molar-refractivity contribution is -0.161. The van der Waals surface area contributed by atoms with Crippen LogP contribution in [0.4, 0.5) is 0 Å². The van der Waals surface area contributed by atoms with Crippen LogP contribution in [0, 0.1) is 0 Å². The summed E-state index contributed by atoms with van der Waals surface area (Å²) in [7, 11) is -10.0. The van der Waals surface area contributed by atoms with Gasteiger partial charge in [-0.1, -0.05) is 307 Å². The minimum absolute atomic E-state index is 0.0300. The number of allylic oxidation sites excluding steroid dienone is 28. The number of ether oxygens (including phenoxy) is 4. The fraction of sp³-hybridized carbons (Fsp3) is 0.648. The Balaban J connectivity index is 5.47. The number of carbonyl (C=O) groups is 4. The highest BCUT2D eigenvalue weighted by molar-refractivity contribution is 7.47. The lowest BCUT2D eigenvalue weighted by atomic mass is 10.1. The summed E-state index contributed by atoms with van der Waals surface area (Å²) in [6.07, 6.45) is 97.6. The van der Waals surface area contributed by atoms with Crippen molar-refractivity contribution in [3.05, 3.63) is 170 Å². The average Bonchev–Trinajstić information content (AvgIpc) is 0.899. The summed E-state index contributed by atoms with van der Waals surface area (Å²) in [5.41, 5.74) is 0. The summed E-state index contributed by atoms with van der Waals surface area (Å²) < 4.78 is 68.7. The van der Waals surface area contributed by atoms with E-state index in [9.17, 15) is 43.2 Å². The number of aliphatic hydroxyl groups excluding tert-OH is 1. The Labute approximate surface area is 667 Å². The van der Waals surface area contributed by atoms with Gasteiger partial charge in [-0.3, -0.25) is 37.3 Å². The van der Waals surface area contributed by atoms with Gasteiger partial charge >= 0.3 is 39.5 Å². The summed E-state index contributed by atoms with van der Waals surface area (Å²) in [5.74, 6) is -2.31. The Hall–Kier alpha value is -5.58. The Bertz CT molecular complexity index is 2750. The largest absolute Gasteiger partial charge is 0.472 e. The molecular formula is C91H150O17P2. The summed E-state index contributed by atoms with van der Waals surface area (Å²) in [5, 5.41) is 10.7. The monoisotopic (exact) mass is 1580 g/mol. The number of aliphatic hydroxyl groups is 1. The van der Waals surface area contributed by atoms with Crippen molar-refractivity contribution in [2.75, 3.05) is 39.6 Å². The van der Waals surface area contributed by atoms with E-state index in [-0.39, 0.29) is 25.7 Å². The van der Waals surface area contributed by atoms with E-state index < -0.39 is 97.5 Å². The maximum Gasteiger partial charge on any atom is 0.472 e. The molecule has 0 saturated carbocycles. The van der Waals surface area contributed by atoms with Crippen molar-refractivity contribution >= 4 is 39.5 Å². The number of phosphoric ester groups is 2. The van der Waals surface area contributed by atoms with E-state index in [1.54, 1.807) is 0 Å². The average molecular weight is 1580 g/mol. The van der Waals surface area contributed by atoms with Crippen molar-refractivity contribution in [2.45, 2.75) is 341 Å². The molecule has 110 heavy (non-hydrogen) atoms. The van der Waals surface area contributed by atoms with Gasteiger partial charge in [-0.15, -0.1) is 0 Å². The molecule has 0 bridgehead atoms. The summed E-state index contributed by atoms with van der Waals surface area (Å²) in [6.45, 7) is 4.43. The van der Waals surface area contributed by atoms with Crippen LogP contribution in [-0.2, 0) is 65.4 Å². The van der Waals surface area contributed by atoms with Gasteiger partial charge in [0, 0.05) is 25.7 Å². The van der Waals surface area contributed by atoms with Crippen molar-refractivity contribution in [1.29, 1.82) is 0 Å². The molecule has 0 spiro atoms.